The summed E-state index contributed by atoms with van der Waals surface area (Å²) in [5.74, 6) is 2.37. The largest absolute Gasteiger partial charge is 0.454 e. The van der Waals surface area contributed by atoms with Crippen molar-refractivity contribution in [2.75, 3.05) is 11.7 Å². The Morgan fingerprint density at radius 2 is 1.96 bits per heavy atom. The Balaban J connectivity index is 1.51. The van der Waals surface area contributed by atoms with E-state index in [0.29, 0.717) is 0 Å². The molecule has 5 nitrogen and oxygen atoms in total. The van der Waals surface area contributed by atoms with Gasteiger partial charge in [-0.15, -0.1) is 0 Å². The first-order chi connectivity index (χ1) is 13.7. The highest BCUT2D eigenvalue weighted by atomic mass is 16.7. The number of rotatable bonds is 5. The van der Waals surface area contributed by atoms with Gasteiger partial charge in [0.2, 0.25) is 6.79 Å². The summed E-state index contributed by atoms with van der Waals surface area (Å²) in [6.45, 7) is 2.34. The van der Waals surface area contributed by atoms with Gasteiger partial charge < -0.3 is 9.47 Å². The van der Waals surface area contributed by atoms with Crippen LogP contribution in [0.15, 0.2) is 54.7 Å². The zero-order valence-electron chi connectivity index (χ0n) is 16.2. The van der Waals surface area contributed by atoms with Gasteiger partial charge in [0.25, 0.3) is 5.91 Å². The summed E-state index contributed by atoms with van der Waals surface area (Å²) in [4.78, 5) is 19.4. The third kappa shape index (κ3) is 4.03. The zero-order chi connectivity index (χ0) is 19.3. The molecule has 1 atom stereocenters. The smallest absolute Gasteiger partial charge is 0.252 e. The zero-order valence-corrected chi connectivity index (χ0v) is 16.2. The van der Waals surface area contributed by atoms with E-state index in [4.69, 9.17) is 9.47 Å². The van der Waals surface area contributed by atoms with Crippen molar-refractivity contribution in [1.29, 1.82) is 0 Å². The number of ether oxygens (including phenoxy) is 2. The highest BCUT2D eigenvalue weighted by Crippen LogP contribution is 2.35. The second kappa shape index (κ2) is 8.46. The standard InChI is InChI=1S/C23H26N2O3/c1-17(18-11-12-20-21(15-18)28-16-27-20)10-13-23(26)25(19-7-3-2-4-8-19)22-9-5-6-14-24-22/h5-6,9-15,17,19H,2-4,7-8,16H2,1H3/b13-10+. The van der Waals surface area contributed by atoms with Crippen molar-refractivity contribution in [3.05, 3.63) is 60.3 Å². The van der Waals surface area contributed by atoms with Crippen molar-refractivity contribution in [3.8, 4) is 11.5 Å². The molecule has 1 unspecified atom stereocenters. The molecule has 1 aromatic heterocycles. The maximum atomic E-state index is 13.1. The van der Waals surface area contributed by atoms with Crippen LogP contribution in [0.5, 0.6) is 11.5 Å². The molecular weight excluding hydrogens is 352 g/mol. The number of hydrogen-bond acceptors (Lipinski definition) is 4. The molecule has 28 heavy (non-hydrogen) atoms. The van der Waals surface area contributed by atoms with Gasteiger partial charge in [0, 0.05) is 18.3 Å². The molecule has 1 amide bonds. The molecule has 2 aliphatic rings. The molecule has 1 aromatic carbocycles. The monoisotopic (exact) mass is 378 g/mol. The van der Waals surface area contributed by atoms with Crippen LogP contribution in [0.3, 0.4) is 0 Å². The minimum atomic E-state index is -0.00167. The van der Waals surface area contributed by atoms with Gasteiger partial charge >= 0.3 is 0 Å². The van der Waals surface area contributed by atoms with Crippen LogP contribution in [0.4, 0.5) is 5.82 Å². The molecule has 5 heteroatoms. The lowest BCUT2D eigenvalue weighted by molar-refractivity contribution is -0.114. The fourth-order valence-electron chi connectivity index (χ4n) is 3.93. The molecule has 2 heterocycles. The second-order valence-corrected chi connectivity index (χ2v) is 7.45. The maximum absolute atomic E-state index is 13.1. The van der Waals surface area contributed by atoms with Crippen LogP contribution in [-0.2, 0) is 4.79 Å². The van der Waals surface area contributed by atoms with Gasteiger partial charge in [0.05, 0.1) is 0 Å². The average Bonchev–Trinajstić information content (AvgIpc) is 3.22. The number of nitrogens with zero attached hydrogens (tertiary/aromatic N) is 2. The first-order valence-electron chi connectivity index (χ1n) is 10.0. The number of anilines is 1. The van der Waals surface area contributed by atoms with Crippen LogP contribution in [0.1, 0.15) is 50.5 Å². The molecule has 1 aliphatic heterocycles. The van der Waals surface area contributed by atoms with Gasteiger partial charge in [0.15, 0.2) is 11.5 Å². The Bertz CT molecular complexity index is 844. The predicted octanol–water partition coefficient (Wildman–Crippen LogP) is 4.84. The molecule has 146 valence electrons. The quantitative estimate of drug-likeness (QED) is 0.699. The Morgan fingerprint density at radius 3 is 2.75 bits per heavy atom. The summed E-state index contributed by atoms with van der Waals surface area (Å²) in [7, 11) is 0. The van der Waals surface area contributed by atoms with Crippen molar-refractivity contribution < 1.29 is 14.3 Å². The van der Waals surface area contributed by atoms with E-state index < -0.39 is 0 Å². The molecule has 0 saturated heterocycles. The van der Waals surface area contributed by atoms with E-state index in [2.05, 4.69) is 11.9 Å². The third-order valence-electron chi connectivity index (χ3n) is 5.52. The van der Waals surface area contributed by atoms with Gasteiger partial charge in [-0.3, -0.25) is 9.69 Å². The van der Waals surface area contributed by atoms with E-state index in [1.165, 1.54) is 19.3 Å². The number of allylic oxidation sites excluding steroid dienone is 1. The highest BCUT2D eigenvalue weighted by molar-refractivity contribution is 6.01. The van der Waals surface area contributed by atoms with Crippen molar-refractivity contribution in [1.82, 2.24) is 4.98 Å². The number of carbonyl (C=O) groups is 1. The second-order valence-electron chi connectivity index (χ2n) is 7.45. The first kappa shape index (κ1) is 18.5. The fourth-order valence-corrected chi connectivity index (χ4v) is 3.93. The first-order valence-corrected chi connectivity index (χ1v) is 10.0. The Hall–Kier alpha value is -2.82. The van der Waals surface area contributed by atoms with Gasteiger partial charge in [0.1, 0.15) is 5.82 Å². The number of benzene rings is 1. The number of aromatic nitrogens is 1. The SMILES string of the molecule is CC(/C=C/C(=O)N(c1ccccn1)C1CCCCC1)c1ccc2c(c1)OCO2. The van der Waals surface area contributed by atoms with Crippen molar-refractivity contribution in [2.24, 2.45) is 0 Å². The summed E-state index contributed by atoms with van der Waals surface area (Å²) < 4.78 is 10.8. The van der Waals surface area contributed by atoms with E-state index in [1.807, 2.05) is 47.4 Å². The van der Waals surface area contributed by atoms with Crippen LogP contribution >= 0.6 is 0 Å². The average molecular weight is 378 g/mol. The molecular formula is C23H26N2O3. The number of hydrogen-bond donors (Lipinski definition) is 0. The van der Waals surface area contributed by atoms with E-state index in [1.54, 1.807) is 12.3 Å². The lowest BCUT2D eigenvalue weighted by Gasteiger charge is -2.33. The Labute approximate surface area is 166 Å². The number of amides is 1. The molecule has 4 rings (SSSR count). The Morgan fingerprint density at radius 1 is 1.14 bits per heavy atom. The summed E-state index contributed by atoms with van der Waals surface area (Å²) in [5.41, 5.74) is 1.09. The maximum Gasteiger partial charge on any atom is 0.252 e. The molecule has 0 spiro atoms. The van der Waals surface area contributed by atoms with E-state index in [0.717, 1.165) is 35.7 Å². The van der Waals surface area contributed by atoms with Crippen molar-refractivity contribution >= 4 is 11.7 Å². The lowest BCUT2D eigenvalue weighted by atomic mass is 9.94. The minimum Gasteiger partial charge on any atom is -0.454 e. The third-order valence-corrected chi connectivity index (χ3v) is 5.52. The lowest BCUT2D eigenvalue weighted by Crippen LogP contribution is -2.41. The summed E-state index contributed by atoms with van der Waals surface area (Å²) >= 11 is 0. The van der Waals surface area contributed by atoms with Crippen molar-refractivity contribution in [2.45, 2.75) is 51.0 Å². The summed E-state index contributed by atoms with van der Waals surface area (Å²) in [6, 6.07) is 11.9. The van der Waals surface area contributed by atoms with Crippen LogP contribution in [0.2, 0.25) is 0 Å². The normalized spacial score (nSPS) is 17.6. The minimum absolute atomic E-state index is 0.00167. The van der Waals surface area contributed by atoms with E-state index >= 15 is 0 Å². The molecule has 1 fully saturated rings. The van der Waals surface area contributed by atoms with Crippen LogP contribution in [-0.4, -0.2) is 23.7 Å². The van der Waals surface area contributed by atoms with E-state index in [9.17, 15) is 4.79 Å². The number of fused-ring (bicyclic) bond motifs is 1. The summed E-state index contributed by atoms with van der Waals surface area (Å²) in [6.07, 6.45) is 11.0. The molecule has 1 saturated carbocycles. The Kier molecular flexibility index (Phi) is 5.60. The predicted molar refractivity (Wildman–Crippen MR) is 109 cm³/mol. The van der Waals surface area contributed by atoms with Crippen LogP contribution in [0, 0.1) is 0 Å². The molecule has 1 aliphatic carbocycles. The topological polar surface area (TPSA) is 51.7 Å². The number of carbonyl (C=O) groups excluding carboxylic acids is 1. The van der Waals surface area contributed by atoms with Gasteiger partial charge in [-0.25, -0.2) is 4.98 Å². The van der Waals surface area contributed by atoms with Gasteiger partial charge in [-0.2, -0.15) is 0 Å². The molecule has 0 bridgehead atoms. The summed E-state index contributed by atoms with van der Waals surface area (Å²) in [5, 5.41) is 0. The molecule has 2 aromatic rings. The van der Waals surface area contributed by atoms with E-state index in [-0.39, 0.29) is 24.7 Å². The fraction of sp³-hybridized carbons (Fsp3) is 0.391. The van der Waals surface area contributed by atoms with Gasteiger partial charge in [-0.1, -0.05) is 44.4 Å². The van der Waals surface area contributed by atoms with Crippen LogP contribution < -0.4 is 14.4 Å². The van der Waals surface area contributed by atoms with Crippen LogP contribution in [0.25, 0.3) is 0 Å². The van der Waals surface area contributed by atoms with Crippen molar-refractivity contribution in [3.63, 3.8) is 0 Å². The number of pyridine rings is 1. The molecule has 0 N–H and O–H groups in total. The van der Waals surface area contributed by atoms with Gasteiger partial charge in [-0.05, 0) is 48.6 Å². The molecule has 0 radical (unpaired) electrons. The highest BCUT2D eigenvalue weighted by Gasteiger charge is 2.26.